The zero-order valence-electron chi connectivity index (χ0n) is 18.4. The molecular weight excluding hydrogens is 512 g/mol. The third-order valence-electron chi connectivity index (χ3n) is 4.49. The van der Waals surface area contributed by atoms with Gasteiger partial charge in [-0.1, -0.05) is 39.9 Å². The van der Waals surface area contributed by atoms with Crippen molar-refractivity contribution in [3.63, 3.8) is 0 Å². The van der Waals surface area contributed by atoms with Crippen molar-refractivity contribution in [2.75, 3.05) is 23.5 Å². The maximum atomic E-state index is 12.3. The molecule has 0 spiro atoms. The van der Waals surface area contributed by atoms with E-state index in [-0.39, 0.29) is 30.4 Å². The van der Waals surface area contributed by atoms with Crippen LogP contribution in [0.1, 0.15) is 12.3 Å². The first-order valence-corrected chi connectivity index (χ1v) is 12.4. The van der Waals surface area contributed by atoms with Crippen LogP contribution in [-0.2, 0) is 16.0 Å². The molecule has 10 nitrogen and oxygen atoms in total. The molecular formula is C22H19ClN6O4S2. The van der Waals surface area contributed by atoms with Gasteiger partial charge >= 0.3 is 0 Å². The molecule has 0 aliphatic heterocycles. The minimum absolute atomic E-state index is 0.135. The maximum absolute atomic E-state index is 12.3. The van der Waals surface area contributed by atoms with Gasteiger partial charge in [0, 0.05) is 29.1 Å². The molecule has 0 aliphatic carbocycles. The van der Waals surface area contributed by atoms with Gasteiger partial charge in [0.1, 0.15) is 5.75 Å². The Bertz CT molecular complexity index is 1290. The van der Waals surface area contributed by atoms with Gasteiger partial charge in [-0.25, -0.2) is 0 Å². The largest absolute Gasteiger partial charge is 0.497 e. The molecule has 4 rings (SSSR count). The van der Waals surface area contributed by atoms with Gasteiger partial charge in [-0.15, -0.1) is 10.2 Å². The molecule has 2 N–H and O–H groups in total. The number of thioether (sulfide) groups is 1. The van der Waals surface area contributed by atoms with Gasteiger partial charge in [0.2, 0.25) is 28.7 Å². The monoisotopic (exact) mass is 530 g/mol. The number of carbonyl (C=O) groups is 2. The van der Waals surface area contributed by atoms with E-state index in [1.54, 1.807) is 43.5 Å². The van der Waals surface area contributed by atoms with Crippen LogP contribution < -0.4 is 15.4 Å². The van der Waals surface area contributed by atoms with Crippen LogP contribution in [0.15, 0.2) is 57.4 Å². The van der Waals surface area contributed by atoms with Crippen molar-refractivity contribution < 1.29 is 18.8 Å². The minimum Gasteiger partial charge on any atom is -0.497 e. The Morgan fingerprint density at radius 1 is 1.06 bits per heavy atom. The van der Waals surface area contributed by atoms with Crippen LogP contribution in [0.25, 0.3) is 11.4 Å². The van der Waals surface area contributed by atoms with Crippen LogP contribution in [-0.4, -0.2) is 45.0 Å². The second kappa shape index (κ2) is 11.8. The van der Waals surface area contributed by atoms with Gasteiger partial charge < -0.3 is 19.9 Å². The van der Waals surface area contributed by atoms with Gasteiger partial charge in [-0.3, -0.25) is 9.59 Å². The molecule has 2 aromatic heterocycles. The number of carbonyl (C=O) groups excluding carboxylic acids is 2. The summed E-state index contributed by atoms with van der Waals surface area (Å²) in [4.78, 5) is 28.7. The van der Waals surface area contributed by atoms with Crippen molar-refractivity contribution in [1.29, 1.82) is 0 Å². The highest BCUT2D eigenvalue weighted by Gasteiger charge is 2.14. The number of nitrogens with zero attached hydrogens (tertiary/aromatic N) is 4. The zero-order chi connectivity index (χ0) is 24.6. The van der Waals surface area contributed by atoms with E-state index in [2.05, 4.69) is 31.0 Å². The van der Waals surface area contributed by atoms with E-state index in [1.165, 1.54) is 23.1 Å². The minimum atomic E-state index is -0.262. The van der Waals surface area contributed by atoms with E-state index in [0.717, 1.165) is 11.3 Å². The number of benzene rings is 2. The summed E-state index contributed by atoms with van der Waals surface area (Å²) >= 11 is 8.25. The number of aryl methyl sites for hydroxylation is 1. The summed E-state index contributed by atoms with van der Waals surface area (Å²) in [5.41, 5.74) is 1.44. The molecule has 0 atom stereocenters. The van der Waals surface area contributed by atoms with E-state index < -0.39 is 0 Å². The maximum Gasteiger partial charge on any atom is 0.234 e. The highest BCUT2D eigenvalue weighted by molar-refractivity contribution is 8.01. The smallest absolute Gasteiger partial charge is 0.234 e. The van der Waals surface area contributed by atoms with Gasteiger partial charge in [-0.05, 0) is 48.5 Å². The van der Waals surface area contributed by atoms with Crippen molar-refractivity contribution in [2.45, 2.75) is 17.2 Å². The first-order valence-electron chi connectivity index (χ1n) is 10.3. The SMILES string of the molecule is COc1ccc(-c2noc(CCC(=O)Nc3nnc(SCC(=O)Nc4ccc(Cl)cc4)s3)n2)cc1. The Balaban J connectivity index is 1.20. The van der Waals surface area contributed by atoms with Crippen LogP contribution in [0.5, 0.6) is 5.75 Å². The average molecular weight is 531 g/mol. The highest BCUT2D eigenvalue weighted by atomic mass is 35.5. The van der Waals surface area contributed by atoms with Crippen LogP contribution >= 0.6 is 34.7 Å². The van der Waals surface area contributed by atoms with Gasteiger partial charge in [-0.2, -0.15) is 4.98 Å². The third kappa shape index (κ3) is 7.25. The summed E-state index contributed by atoms with van der Waals surface area (Å²) in [5, 5.41) is 18.3. The van der Waals surface area contributed by atoms with Gasteiger partial charge in [0.15, 0.2) is 4.34 Å². The van der Waals surface area contributed by atoms with Crippen LogP contribution in [0.3, 0.4) is 0 Å². The lowest BCUT2D eigenvalue weighted by molar-refractivity contribution is -0.116. The van der Waals surface area contributed by atoms with Crippen molar-refractivity contribution in [3.05, 3.63) is 59.4 Å². The molecule has 2 aromatic carbocycles. The molecule has 0 bridgehead atoms. The van der Waals surface area contributed by atoms with Crippen LogP contribution in [0, 0.1) is 0 Å². The Hall–Kier alpha value is -3.48. The van der Waals surface area contributed by atoms with E-state index >= 15 is 0 Å². The zero-order valence-corrected chi connectivity index (χ0v) is 20.7. The van der Waals surface area contributed by atoms with Crippen molar-refractivity contribution in [1.82, 2.24) is 20.3 Å². The van der Waals surface area contributed by atoms with E-state index in [9.17, 15) is 9.59 Å². The first-order chi connectivity index (χ1) is 17.0. The number of aromatic nitrogens is 4. The number of hydrogen-bond donors (Lipinski definition) is 2. The van der Waals surface area contributed by atoms with E-state index in [4.69, 9.17) is 20.9 Å². The Morgan fingerprint density at radius 3 is 2.57 bits per heavy atom. The fraction of sp³-hybridized carbons (Fsp3) is 0.182. The second-order valence-corrected chi connectivity index (χ2v) is 9.64. The number of ether oxygens (including phenoxy) is 1. The molecule has 0 saturated carbocycles. The molecule has 0 radical (unpaired) electrons. The quantitative estimate of drug-likeness (QED) is 0.224. The second-order valence-electron chi connectivity index (χ2n) is 7.01. The molecule has 0 saturated heterocycles. The van der Waals surface area contributed by atoms with E-state index in [0.29, 0.717) is 31.9 Å². The lowest BCUT2D eigenvalue weighted by atomic mass is 10.2. The number of rotatable bonds is 10. The summed E-state index contributed by atoms with van der Waals surface area (Å²) in [7, 11) is 1.59. The summed E-state index contributed by atoms with van der Waals surface area (Å²) in [6.07, 6.45) is 0.413. The number of anilines is 2. The number of nitrogens with one attached hydrogen (secondary N) is 2. The Labute approximate surface area is 213 Å². The molecule has 0 unspecified atom stereocenters. The number of methoxy groups -OCH3 is 1. The molecule has 0 fully saturated rings. The molecule has 0 aliphatic rings. The fourth-order valence-corrected chi connectivity index (χ4v) is 4.49. The van der Waals surface area contributed by atoms with Gasteiger partial charge in [0.05, 0.1) is 12.9 Å². The third-order valence-corrected chi connectivity index (χ3v) is 6.71. The van der Waals surface area contributed by atoms with Crippen LogP contribution in [0.2, 0.25) is 5.02 Å². The van der Waals surface area contributed by atoms with Crippen LogP contribution in [0.4, 0.5) is 10.8 Å². The predicted molar refractivity (Wildman–Crippen MR) is 134 cm³/mol. The van der Waals surface area contributed by atoms with E-state index in [1.807, 2.05) is 12.1 Å². The van der Waals surface area contributed by atoms with Crippen molar-refractivity contribution >= 4 is 57.3 Å². The standard InChI is InChI=1S/C22H19ClN6O4S2/c1-32-16-8-2-13(3-9-16)20-26-19(33-29-20)11-10-17(30)25-21-27-28-22(35-21)34-12-18(31)24-15-6-4-14(23)5-7-15/h2-9H,10-12H2,1H3,(H,24,31)(H,25,27,30). The lowest BCUT2D eigenvalue weighted by Crippen LogP contribution is -2.13. The highest BCUT2D eigenvalue weighted by Crippen LogP contribution is 2.26. The molecule has 2 heterocycles. The molecule has 4 aromatic rings. The molecule has 2 amide bonds. The first kappa shape index (κ1) is 24.6. The summed E-state index contributed by atoms with van der Waals surface area (Å²) in [6.45, 7) is 0. The number of amides is 2. The molecule has 35 heavy (non-hydrogen) atoms. The number of halogens is 1. The number of hydrogen-bond acceptors (Lipinski definition) is 10. The fourth-order valence-electron chi connectivity index (χ4n) is 2.79. The summed E-state index contributed by atoms with van der Waals surface area (Å²) < 4.78 is 10.9. The normalized spacial score (nSPS) is 10.7. The van der Waals surface area contributed by atoms with Gasteiger partial charge in [0.25, 0.3) is 0 Å². The Kier molecular flexibility index (Phi) is 8.29. The van der Waals surface area contributed by atoms with Crippen molar-refractivity contribution in [2.24, 2.45) is 0 Å². The Morgan fingerprint density at radius 2 is 1.83 bits per heavy atom. The molecule has 13 heteroatoms. The van der Waals surface area contributed by atoms with Crippen molar-refractivity contribution in [3.8, 4) is 17.1 Å². The lowest BCUT2D eigenvalue weighted by Gasteiger charge is -2.03. The predicted octanol–water partition coefficient (Wildman–Crippen LogP) is 4.55. The topological polar surface area (TPSA) is 132 Å². The summed E-state index contributed by atoms with van der Waals surface area (Å²) in [6, 6.07) is 14.1. The molecule has 180 valence electrons. The average Bonchev–Trinajstić information content (AvgIpc) is 3.53. The summed E-state index contributed by atoms with van der Waals surface area (Å²) in [5.74, 6) is 1.22.